The van der Waals surface area contributed by atoms with Gasteiger partial charge in [0.05, 0.1) is 37.7 Å². The first-order chi connectivity index (χ1) is 16.6. The molecule has 1 atom stereocenters. The number of ether oxygens (including phenoxy) is 3. The van der Waals surface area contributed by atoms with Crippen LogP contribution in [0.3, 0.4) is 0 Å². The van der Waals surface area contributed by atoms with Gasteiger partial charge in [0.15, 0.2) is 0 Å². The normalized spacial score (nSPS) is 11.8. The number of nitrogens with one attached hydrogen (secondary N) is 1. The minimum Gasteiger partial charge on any atom is -0.497 e. The molecule has 1 unspecified atom stereocenters. The maximum absolute atomic E-state index is 13.2. The number of carbonyl (C=O) groups is 1. The van der Waals surface area contributed by atoms with E-state index >= 15 is 0 Å². The van der Waals surface area contributed by atoms with Crippen LogP contribution in [0.5, 0.6) is 17.2 Å². The van der Waals surface area contributed by atoms with Crippen LogP contribution in [0, 0.1) is 0 Å². The van der Waals surface area contributed by atoms with E-state index in [4.69, 9.17) is 14.2 Å². The maximum atomic E-state index is 13.2. The minimum absolute atomic E-state index is 0.132. The van der Waals surface area contributed by atoms with Gasteiger partial charge in [0.1, 0.15) is 33.4 Å². The third-order valence-electron chi connectivity index (χ3n) is 5.32. The lowest BCUT2D eigenvalue weighted by atomic mass is 10.1. The number of fused-ring (bicyclic) bond motifs is 1. The largest absolute Gasteiger partial charge is 0.497 e. The van der Waals surface area contributed by atoms with Crippen LogP contribution in [0.2, 0.25) is 0 Å². The summed E-state index contributed by atoms with van der Waals surface area (Å²) in [5.74, 6) is 1.87. The Bertz CT molecular complexity index is 1290. The van der Waals surface area contributed by atoms with Gasteiger partial charge in [-0.1, -0.05) is 30.8 Å². The Labute approximate surface area is 206 Å². The molecule has 0 radical (unpaired) electrons. The number of rotatable bonds is 9. The average Bonchev–Trinajstić information content (AvgIpc) is 3.32. The van der Waals surface area contributed by atoms with Crippen LogP contribution in [0.15, 0.2) is 59.2 Å². The van der Waals surface area contributed by atoms with Gasteiger partial charge in [0.2, 0.25) is 5.91 Å². The van der Waals surface area contributed by atoms with Gasteiger partial charge in [-0.05, 0) is 36.2 Å². The number of amides is 1. The second kappa shape index (κ2) is 10.8. The molecule has 0 aliphatic heterocycles. The van der Waals surface area contributed by atoms with E-state index < -0.39 is 0 Å². The molecular weight excluding hydrogens is 470 g/mol. The summed E-state index contributed by atoms with van der Waals surface area (Å²) in [4.78, 5) is 23.1. The predicted octanol–water partition coefficient (Wildman–Crippen LogP) is 5.89. The number of anilines is 1. The molecular formula is C25H25N3O4S2. The van der Waals surface area contributed by atoms with E-state index in [0.717, 1.165) is 32.1 Å². The van der Waals surface area contributed by atoms with Gasteiger partial charge in [0.25, 0.3) is 0 Å². The van der Waals surface area contributed by atoms with E-state index in [0.29, 0.717) is 23.6 Å². The molecule has 0 saturated heterocycles. The zero-order valence-corrected chi connectivity index (χ0v) is 21.0. The van der Waals surface area contributed by atoms with E-state index in [1.165, 1.54) is 11.8 Å². The van der Waals surface area contributed by atoms with Crippen LogP contribution in [0.1, 0.15) is 13.3 Å². The standard InChI is InChI=1S/C25H25N3O4S2/c1-5-21(23(29)28-19-12-17(31-3)10-11-20(19)32-4)34-25-22-18(13-33-24(22)26-14-27-25)15-6-8-16(30-2)9-7-15/h6-14,21H,5H2,1-4H3,(H,28,29). The Morgan fingerprint density at radius 1 is 1.03 bits per heavy atom. The lowest BCUT2D eigenvalue weighted by Gasteiger charge is -2.17. The highest BCUT2D eigenvalue weighted by Gasteiger charge is 2.23. The summed E-state index contributed by atoms with van der Waals surface area (Å²) in [5.41, 5.74) is 2.64. The molecule has 0 spiro atoms. The highest BCUT2D eigenvalue weighted by molar-refractivity contribution is 8.00. The van der Waals surface area contributed by atoms with E-state index in [2.05, 4.69) is 20.7 Å². The fourth-order valence-electron chi connectivity index (χ4n) is 3.50. The Morgan fingerprint density at radius 2 is 1.76 bits per heavy atom. The van der Waals surface area contributed by atoms with Gasteiger partial charge in [0, 0.05) is 17.0 Å². The van der Waals surface area contributed by atoms with Crippen molar-refractivity contribution in [3.63, 3.8) is 0 Å². The molecule has 9 heteroatoms. The van der Waals surface area contributed by atoms with Crippen LogP contribution < -0.4 is 19.5 Å². The van der Waals surface area contributed by atoms with Crippen molar-refractivity contribution in [2.45, 2.75) is 23.6 Å². The van der Waals surface area contributed by atoms with Gasteiger partial charge in [-0.25, -0.2) is 9.97 Å². The molecule has 34 heavy (non-hydrogen) atoms. The SMILES string of the molecule is CCC(Sc1ncnc2scc(-c3ccc(OC)cc3)c12)C(=O)Nc1cc(OC)ccc1OC. The van der Waals surface area contributed by atoms with E-state index in [-0.39, 0.29) is 11.2 Å². The fraction of sp³-hybridized carbons (Fsp3) is 0.240. The number of thiophene rings is 1. The van der Waals surface area contributed by atoms with Gasteiger partial charge < -0.3 is 19.5 Å². The second-order valence-corrected chi connectivity index (χ2v) is 9.36. The molecule has 4 rings (SSSR count). The minimum atomic E-state index is -0.363. The molecule has 0 saturated carbocycles. The Kier molecular flexibility index (Phi) is 7.54. The van der Waals surface area contributed by atoms with E-state index in [1.807, 2.05) is 31.2 Å². The zero-order chi connectivity index (χ0) is 24.1. The zero-order valence-electron chi connectivity index (χ0n) is 19.3. The van der Waals surface area contributed by atoms with Crippen molar-refractivity contribution < 1.29 is 19.0 Å². The number of nitrogens with zero attached hydrogens (tertiary/aromatic N) is 2. The predicted molar refractivity (Wildman–Crippen MR) is 138 cm³/mol. The first kappa shape index (κ1) is 23.8. The molecule has 2 aromatic heterocycles. The lowest BCUT2D eigenvalue weighted by molar-refractivity contribution is -0.115. The second-order valence-electron chi connectivity index (χ2n) is 7.31. The summed E-state index contributed by atoms with van der Waals surface area (Å²) >= 11 is 3.00. The van der Waals surface area contributed by atoms with Crippen molar-refractivity contribution in [3.05, 3.63) is 54.2 Å². The number of carbonyl (C=O) groups excluding carboxylic acids is 1. The number of benzene rings is 2. The third-order valence-corrected chi connectivity index (χ3v) is 7.57. The van der Waals surface area contributed by atoms with Crippen molar-refractivity contribution >= 4 is 44.9 Å². The number of methoxy groups -OCH3 is 3. The summed E-state index contributed by atoms with van der Waals surface area (Å²) in [6, 6.07) is 13.2. The highest BCUT2D eigenvalue weighted by Crippen LogP contribution is 2.40. The Balaban J connectivity index is 1.63. The highest BCUT2D eigenvalue weighted by atomic mass is 32.2. The van der Waals surface area contributed by atoms with Gasteiger partial charge in [-0.3, -0.25) is 4.79 Å². The van der Waals surface area contributed by atoms with Crippen LogP contribution in [0.4, 0.5) is 5.69 Å². The number of thioether (sulfide) groups is 1. The van der Waals surface area contributed by atoms with Crippen molar-refractivity contribution in [3.8, 4) is 28.4 Å². The van der Waals surface area contributed by atoms with Crippen molar-refractivity contribution in [1.29, 1.82) is 0 Å². The van der Waals surface area contributed by atoms with Crippen molar-refractivity contribution in [2.24, 2.45) is 0 Å². The summed E-state index contributed by atoms with van der Waals surface area (Å²) < 4.78 is 16.0. The molecule has 2 aromatic carbocycles. The third kappa shape index (κ3) is 4.95. The Morgan fingerprint density at radius 3 is 2.44 bits per heavy atom. The van der Waals surface area contributed by atoms with Crippen LogP contribution in [0.25, 0.3) is 21.3 Å². The molecule has 2 heterocycles. The smallest absolute Gasteiger partial charge is 0.238 e. The van der Waals surface area contributed by atoms with Crippen LogP contribution >= 0.6 is 23.1 Å². The summed E-state index contributed by atoms with van der Waals surface area (Å²) in [5, 5.41) is 6.43. The topological polar surface area (TPSA) is 82.6 Å². The fourth-order valence-corrected chi connectivity index (χ4v) is 5.52. The van der Waals surface area contributed by atoms with Gasteiger partial charge in [-0.2, -0.15) is 0 Å². The summed E-state index contributed by atoms with van der Waals surface area (Å²) in [7, 11) is 4.80. The molecule has 176 valence electrons. The maximum Gasteiger partial charge on any atom is 0.238 e. The van der Waals surface area contributed by atoms with E-state index in [1.54, 1.807) is 57.2 Å². The average molecular weight is 496 g/mol. The lowest BCUT2D eigenvalue weighted by Crippen LogP contribution is -2.25. The molecule has 0 aliphatic carbocycles. The molecule has 0 fully saturated rings. The number of hydrogen-bond acceptors (Lipinski definition) is 8. The molecule has 0 aliphatic rings. The van der Waals surface area contributed by atoms with Crippen molar-refractivity contribution in [1.82, 2.24) is 9.97 Å². The molecule has 1 N–H and O–H groups in total. The monoisotopic (exact) mass is 495 g/mol. The first-order valence-electron chi connectivity index (χ1n) is 10.6. The van der Waals surface area contributed by atoms with Gasteiger partial charge >= 0.3 is 0 Å². The van der Waals surface area contributed by atoms with Crippen LogP contribution in [-0.2, 0) is 4.79 Å². The number of aromatic nitrogens is 2. The summed E-state index contributed by atoms with van der Waals surface area (Å²) in [6.07, 6.45) is 2.17. The number of hydrogen-bond donors (Lipinski definition) is 1. The van der Waals surface area contributed by atoms with E-state index in [9.17, 15) is 4.79 Å². The summed E-state index contributed by atoms with van der Waals surface area (Å²) in [6.45, 7) is 1.98. The van der Waals surface area contributed by atoms with Crippen molar-refractivity contribution in [2.75, 3.05) is 26.6 Å². The quantitative estimate of drug-likeness (QED) is 0.229. The molecule has 1 amide bonds. The van der Waals surface area contributed by atoms with Crippen LogP contribution in [-0.4, -0.2) is 42.5 Å². The Hall–Kier alpha value is -3.30. The molecule has 4 aromatic rings. The molecule has 0 bridgehead atoms. The molecule has 7 nitrogen and oxygen atoms in total. The van der Waals surface area contributed by atoms with Gasteiger partial charge in [-0.15, -0.1) is 11.3 Å². The first-order valence-corrected chi connectivity index (χ1v) is 12.4.